The average molecular weight is 386 g/mol. The molecule has 26 heavy (non-hydrogen) atoms. The van der Waals surface area contributed by atoms with Crippen LogP contribution in [0.1, 0.15) is 12.0 Å². The number of amides is 2. The zero-order chi connectivity index (χ0) is 18.7. The van der Waals surface area contributed by atoms with E-state index in [1.807, 2.05) is 0 Å². The molecule has 0 spiro atoms. The van der Waals surface area contributed by atoms with Crippen LogP contribution in [0.2, 0.25) is 5.02 Å². The lowest BCUT2D eigenvalue weighted by Crippen LogP contribution is -2.34. The lowest BCUT2D eigenvalue weighted by Gasteiger charge is -2.18. The Morgan fingerprint density at radius 2 is 2.12 bits per heavy atom. The van der Waals surface area contributed by atoms with Gasteiger partial charge in [-0.05, 0) is 24.3 Å². The molecule has 0 saturated carbocycles. The van der Waals surface area contributed by atoms with Gasteiger partial charge in [0.25, 0.3) is 0 Å². The summed E-state index contributed by atoms with van der Waals surface area (Å²) in [7, 11) is 0. The average Bonchev–Trinajstić information content (AvgIpc) is 3.03. The summed E-state index contributed by atoms with van der Waals surface area (Å²) in [5.41, 5.74) is -0.262. The molecule has 0 radical (unpaired) electrons. The molecule has 1 N–H and O–H groups in total. The summed E-state index contributed by atoms with van der Waals surface area (Å²) in [5.74, 6) is -0.109. The van der Waals surface area contributed by atoms with E-state index in [0.29, 0.717) is 23.7 Å². The van der Waals surface area contributed by atoms with Gasteiger partial charge in [-0.25, -0.2) is 9.78 Å². The van der Waals surface area contributed by atoms with Crippen LogP contribution < -0.4 is 10.1 Å². The number of ether oxygens (including phenoxy) is 1. The first-order valence-corrected chi connectivity index (χ1v) is 8.20. The summed E-state index contributed by atoms with van der Waals surface area (Å²) >= 11 is 5.87. The van der Waals surface area contributed by atoms with Gasteiger partial charge in [-0.15, -0.1) is 0 Å². The molecular weight excluding hydrogens is 371 g/mol. The molecule has 1 atom stereocenters. The number of hydrogen-bond donors (Lipinski definition) is 1. The van der Waals surface area contributed by atoms with Gasteiger partial charge in [-0.1, -0.05) is 17.7 Å². The molecule has 1 aliphatic rings. The molecule has 0 bridgehead atoms. The van der Waals surface area contributed by atoms with Crippen LogP contribution in [0, 0.1) is 0 Å². The number of rotatable bonds is 3. The van der Waals surface area contributed by atoms with E-state index in [0.717, 1.165) is 18.3 Å². The second-order valence-electron chi connectivity index (χ2n) is 5.80. The fourth-order valence-electron chi connectivity index (χ4n) is 2.60. The minimum atomic E-state index is -4.46. The van der Waals surface area contributed by atoms with E-state index >= 15 is 0 Å². The van der Waals surface area contributed by atoms with Crippen LogP contribution in [0.25, 0.3) is 0 Å². The maximum Gasteiger partial charge on any atom is 0.416 e. The van der Waals surface area contributed by atoms with Crippen LogP contribution >= 0.6 is 11.6 Å². The summed E-state index contributed by atoms with van der Waals surface area (Å²) in [6.07, 6.45) is -3.33. The van der Waals surface area contributed by atoms with Crippen LogP contribution in [0.5, 0.6) is 5.88 Å². The van der Waals surface area contributed by atoms with Gasteiger partial charge in [0.2, 0.25) is 5.88 Å². The summed E-state index contributed by atoms with van der Waals surface area (Å²) in [4.78, 5) is 17.6. The Morgan fingerprint density at radius 3 is 2.85 bits per heavy atom. The van der Waals surface area contributed by atoms with Crippen molar-refractivity contribution >= 4 is 23.3 Å². The molecule has 2 amide bonds. The largest absolute Gasteiger partial charge is 0.472 e. The lowest BCUT2D eigenvalue weighted by atomic mass is 10.2. The third-order valence-corrected chi connectivity index (χ3v) is 4.09. The van der Waals surface area contributed by atoms with Crippen molar-refractivity contribution in [1.82, 2.24) is 9.88 Å². The molecule has 1 aromatic heterocycles. The van der Waals surface area contributed by atoms with Gasteiger partial charge in [-0.2, -0.15) is 13.2 Å². The van der Waals surface area contributed by atoms with Crippen LogP contribution in [0.3, 0.4) is 0 Å². The molecule has 138 valence electrons. The minimum absolute atomic E-state index is 0.109. The second kappa shape index (κ2) is 7.41. The first kappa shape index (κ1) is 18.3. The van der Waals surface area contributed by atoms with Crippen molar-refractivity contribution in [2.45, 2.75) is 18.7 Å². The third kappa shape index (κ3) is 4.57. The summed E-state index contributed by atoms with van der Waals surface area (Å²) in [5, 5.41) is 3.22. The van der Waals surface area contributed by atoms with Crippen molar-refractivity contribution in [1.29, 1.82) is 0 Å². The third-order valence-electron chi connectivity index (χ3n) is 3.86. The molecule has 2 aromatic rings. The monoisotopic (exact) mass is 385 g/mol. The number of likely N-dealkylation sites (tertiary alicyclic amines) is 1. The smallest absolute Gasteiger partial charge is 0.416 e. The van der Waals surface area contributed by atoms with Crippen molar-refractivity contribution < 1.29 is 22.7 Å². The molecule has 1 fully saturated rings. The van der Waals surface area contributed by atoms with E-state index in [-0.39, 0.29) is 18.5 Å². The Morgan fingerprint density at radius 1 is 1.31 bits per heavy atom. The Hall–Kier alpha value is -2.48. The SMILES string of the molecule is O=C(Nc1cccc(Cl)c1)N1CC[C@H](Oc2cc(C(F)(F)F)ccn2)C1. The fourth-order valence-corrected chi connectivity index (χ4v) is 2.79. The maximum atomic E-state index is 12.7. The quantitative estimate of drug-likeness (QED) is 0.849. The molecule has 2 heterocycles. The Bertz CT molecular complexity index is 801. The number of nitrogens with zero attached hydrogens (tertiary/aromatic N) is 2. The fraction of sp³-hybridized carbons (Fsp3) is 0.294. The van der Waals surface area contributed by atoms with Crippen molar-refractivity contribution in [2.75, 3.05) is 18.4 Å². The predicted molar refractivity (Wildman–Crippen MR) is 90.3 cm³/mol. The Kier molecular flexibility index (Phi) is 5.22. The van der Waals surface area contributed by atoms with Gasteiger partial charge >= 0.3 is 12.2 Å². The second-order valence-corrected chi connectivity index (χ2v) is 6.23. The van der Waals surface area contributed by atoms with E-state index in [1.54, 1.807) is 24.3 Å². The predicted octanol–water partition coefficient (Wildman–Crippen LogP) is 4.44. The number of hydrogen-bond acceptors (Lipinski definition) is 3. The maximum absolute atomic E-state index is 12.7. The van der Waals surface area contributed by atoms with E-state index in [9.17, 15) is 18.0 Å². The van der Waals surface area contributed by atoms with Crippen LogP contribution in [0.15, 0.2) is 42.6 Å². The van der Waals surface area contributed by atoms with Crippen molar-refractivity contribution in [3.05, 3.63) is 53.2 Å². The molecule has 0 aliphatic carbocycles. The number of alkyl halides is 3. The number of nitrogens with one attached hydrogen (secondary N) is 1. The standard InChI is InChI=1S/C17H15ClF3N3O2/c18-12-2-1-3-13(9-12)23-16(25)24-7-5-14(10-24)26-15-8-11(4-6-22-15)17(19,20)21/h1-4,6,8-9,14H,5,7,10H2,(H,23,25)/t14-/m0/s1. The van der Waals surface area contributed by atoms with Crippen LogP contribution in [0.4, 0.5) is 23.7 Å². The van der Waals surface area contributed by atoms with Gasteiger partial charge in [0, 0.05) is 35.9 Å². The highest BCUT2D eigenvalue weighted by atomic mass is 35.5. The van der Waals surface area contributed by atoms with Crippen LogP contribution in [-0.4, -0.2) is 35.1 Å². The van der Waals surface area contributed by atoms with Gasteiger partial charge in [0.05, 0.1) is 12.1 Å². The van der Waals surface area contributed by atoms with Gasteiger partial charge in [0.15, 0.2) is 0 Å². The van der Waals surface area contributed by atoms with Gasteiger partial charge < -0.3 is 15.0 Å². The zero-order valence-electron chi connectivity index (χ0n) is 13.5. The molecular formula is C17H15ClF3N3O2. The Labute approximate surface area is 152 Å². The molecule has 3 rings (SSSR count). The molecule has 0 unspecified atom stereocenters. The van der Waals surface area contributed by atoms with Crippen LogP contribution in [-0.2, 0) is 6.18 Å². The van der Waals surface area contributed by atoms with Crippen molar-refractivity contribution in [3.8, 4) is 5.88 Å². The number of carbonyl (C=O) groups is 1. The number of aromatic nitrogens is 1. The highest BCUT2D eigenvalue weighted by Gasteiger charge is 2.32. The topological polar surface area (TPSA) is 54.5 Å². The Balaban J connectivity index is 1.58. The summed E-state index contributed by atoms with van der Waals surface area (Å²) in [6.45, 7) is 0.681. The molecule has 9 heteroatoms. The molecule has 1 aromatic carbocycles. The number of pyridine rings is 1. The first-order chi connectivity index (χ1) is 12.3. The van der Waals surface area contributed by atoms with E-state index < -0.39 is 17.8 Å². The summed E-state index contributed by atoms with van der Waals surface area (Å²) < 4.78 is 43.7. The normalized spacial score (nSPS) is 17.2. The zero-order valence-corrected chi connectivity index (χ0v) is 14.2. The van der Waals surface area contributed by atoms with Gasteiger partial charge in [0.1, 0.15) is 6.10 Å². The minimum Gasteiger partial charge on any atom is -0.472 e. The van der Waals surface area contributed by atoms with Gasteiger partial charge in [-0.3, -0.25) is 0 Å². The van der Waals surface area contributed by atoms with E-state index in [1.165, 1.54) is 4.90 Å². The molecule has 1 aliphatic heterocycles. The molecule has 5 nitrogen and oxygen atoms in total. The number of benzene rings is 1. The number of anilines is 1. The molecule has 1 saturated heterocycles. The number of carbonyl (C=O) groups excluding carboxylic acids is 1. The lowest BCUT2D eigenvalue weighted by molar-refractivity contribution is -0.137. The summed E-state index contributed by atoms with van der Waals surface area (Å²) in [6, 6.07) is 8.15. The number of halogens is 4. The highest BCUT2D eigenvalue weighted by Crippen LogP contribution is 2.31. The van der Waals surface area contributed by atoms with Crippen molar-refractivity contribution in [2.24, 2.45) is 0 Å². The van der Waals surface area contributed by atoms with E-state index in [2.05, 4.69) is 10.3 Å². The first-order valence-electron chi connectivity index (χ1n) is 7.82. The number of urea groups is 1. The highest BCUT2D eigenvalue weighted by molar-refractivity contribution is 6.30. The van der Waals surface area contributed by atoms with E-state index in [4.69, 9.17) is 16.3 Å². The van der Waals surface area contributed by atoms with Crippen molar-refractivity contribution in [3.63, 3.8) is 0 Å².